The van der Waals surface area contributed by atoms with Gasteiger partial charge in [0, 0.05) is 12.1 Å². The van der Waals surface area contributed by atoms with Gasteiger partial charge >= 0.3 is 5.97 Å². The maximum Gasteiger partial charge on any atom is 0.322 e. The SMILES string of the molecule is O=C(O)CNC(=O)c1cccc(S(=O)(=O)NCC2CC2)c1. The molecule has 8 heteroatoms. The summed E-state index contributed by atoms with van der Waals surface area (Å²) >= 11 is 0. The fraction of sp³-hybridized carbons (Fsp3) is 0.385. The average molecular weight is 312 g/mol. The number of carbonyl (C=O) groups is 2. The normalized spacial score (nSPS) is 14.7. The molecule has 0 aromatic heterocycles. The van der Waals surface area contributed by atoms with Crippen molar-refractivity contribution in [1.29, 1.82) is 0 Å². The van der Waals surface area contributed by atoms with Crippen molar-refractivity contribution in [3.8, 4) is 0 Å². The van der Waals surface area contributed by atoms with Crippen LogP contribution >= 0.6 is 0 Å². The second-order valence-corrected chi connectivity index (χ2v) is 6.67. The predicted molar refractivity (Wildman–Crippen MR) is 74.3 cm³/mol. The third kappa shape index (κ3) is 4.54. The number of hydrogen-bond donors (Lipinski definition) is 3. The monoisotopic (exact) mass is 312 g/mol. The summed E-state index contributed by atoms with van der Waals surface area (Å²) in [6.45, 7) is -0.118. The molecule has 1 saturated carbocycles. The van der Waals surface area contributed by atoms with Gasteiger partial charge in [-0.15, -0.1) is 0 Å². The minimum absolute atomic E-state index is 0.00822. The van der Waals surface area contributed by atoms with E-state index in [1.165, 1.54) is 24.3 Å². The topological polar surface area (TPSA) is 113 Å². The van der Waals surface area contributed by atoms with Crippen LogP contribution in [0.2, 0.25) is 0 Å². The molecule has 0 heterocycles. The Hall–Kier alpha value is -1.93. The molecule has 0 radical (unpaired) electrons. The number of aliphatic carboxylic acids is 1. The van der Waals surface area contributed by atoms with Crippen molar-refractivity contribution in [3.05, 3.63) is 29.8 Å². The van der Waals surface area contributed by atoms with Crippen LogP contribution in [0.3, 0.4) is 0 Å². The molecule has 1 amide bonds. The van der Waals surface area contributed by atoms with Gasteiger partial charge < -0.3 is 10.4 Å². The van der Waals surface area contributed by atoms with E-state index >= 15 is 0 Å². The number of amides is 1. The third-order valence-corrected chi connectivity index (χ3v) is 4.49. The van der Waals surface area contributed by atoms with Gasteiger partial charge in [-0.05, 0) is 37.0 Å². The first-order valence-electron chi connectivity index (χ1n) is 6.48. The van der Waals surface area contributed by atoms with Crippen molar-refractivity contribution in [1.82, 2.24) is 10.0 Å². The first-order valence-corrected chi connectivity index (χ1v) is 7.96. The Balaban J connectivity index is 2.08. The van der Waals surface area contributed by atoms with Crippen LogP contribution in [-0.4, -0.2) is 38.5 Å². The molecule has 1 fully saturated rings. The number of carboxylic acid groups (broad SMARTS) is 1. The highest BCUT2D eigenvalue weighted by atomic mass is 32.2. The second-order valence-electron chi connectivity index (χ2n) is 4.90. The first kappa shape index (κ1) is 15.5. The van der Waals surface area contributed by atoms with Crippen LogP contribution in [0.15, 0.2) is 29.2 Å². The van der Waals surface area contributed by atoms with Crippen molar-refractivity contribution in [2.24, 2.45) is 5.92 Å². The molecule has 114 valence electrons. The number of rotatable bonds is 7. The number of sulfonamides is 1. The Morgan fingerprint density at radius 3 is 2.62 bits per heavy atom. The molecule has 1 aliphatic carbocycles. The van der Waals surface area contributed by atoms with Gasteiger partial charge in [-0.25, -0.2) is 13.1 Å². The van der Waals surface area contributed by atoms with Gasteiger partial charge in [0.2, 0.25) is 10.0 Å². The summed E-state index contributed by atoms with van der Waals surface area (Å²) in [6.07, 6.45) is 2.06. The van der Waals surface area contributed by atoms with Crippen LogP contribution < -0.4 is 10.0 Å². The Kier molecular flexibility index (Phi) is 4.59. The fourth-order valence-electron chi connectivity index (χ4n) is 1.70. The number of carboxylic acids is 1. The van der Waals surface area contributed by atoms with E-state index in [0.29, 0.717) is 12.5 Å². The predicted octanol–water partition coefficient (Wildman–Crippen LogP) is 0.189. The van der Waals surface area contributed by atoms with E-state index in [-0.39, 0.29) is 10.5 Å². The molecule has 1 aromatic rings. The van der Waals surface area contributed by atoms with Crippen molar-refractivity contribution in [2.45, 2.75) is 17.7 Å². The van der Waals surface area contributed by atoms with Gasteiger partial charge in [-0.1, -0.05) is 6.07 Å². The molecule has 1 aliphatic rings. The van der Waals surface area contributed by atoms with Crippen LogP contribution in [0, 0.1) is 5.92 Å². The molecule has 0 unspecified atom stereocenters. The van der Waals surface area contributed by atoms with Crippen LogP contribution in [0.4, 0.5) is 0 Å². The molecule has 0 aliphatic heterocycles. The lowest BCUT2D eigenvalue weighted by Crippen LogP contribution is -2.30. The summed E-state index contributed by atoms with van der Waals surface area (Å²) in [5.41, 5.74) is 0.102. The lowest BCUT2D eigenvalue weighted by molar-refractivity contribution is -0.135. The highest BCUT2D eigenvalue weighted by molar-refractivity contribution is 7.89. The summed E-state index contributed by atoms with van der Waals surface area (Å²) in [5, 5.41) is 10.7. The van der Waals surface area contributed by atoms with Crippen LogP contribution in [0.5, 0.6) is 0 Å². The highest BCUT2D eigenvalue weighted by Crippen LogP contribution is 2.28. The van der Waals surface area contributed by atoms with Gasteiger partial charge in [0.1, 0.15) is 6.54 Å². The van der Waals surface area contributed by atoms with Gasteiger partial charge in [0.15, 0.2) is 0 Å². The Bertz CT molecular complexity index is 652. The van der Waals surface area contributed by atoms with E-state index in [1.807, 2.05) is 0 Å². The van der Waals surface area contributed by atoms with E-state index in [2.05, 4.69) is 10.0 Å². The van der Waals surface area contributed by atoms with Crippen LogP contribution in [0.1, 0.15) is 23.2 Å². The molecule has 21 heavy (non-hydrogen) atoms. The van der Waals surface area contributed by atoms with Crippen LogP contribution in [-0.2, 0) is 14.8 Å². The number of nitrogens with one attached hydrogen (secondary N) is 2. The number of carbonyl (C=O) groups excluding carboxylic acids is 1. The molecule has 0 bridgehead atoms. The van der Waals surface area contributed by atoms with E-state index in [1.54, 1.807) is 0 Å². The summed E-state index contributed by atoms with van der Waals surface area (Å²) in [4.78, 5) is 22.1. The average Bonchev–Trinajstić information content (AvgIpc) is 3.27. The highest BCUT2D eigenvalue weighted by Gasteiger charge is 2.24. The standard InChI is InChI=1S/C13H16N2O5S/c16-12(17)8-14-13(18)10-2-1-3-11(6-10)21(19,20)15-7-9-4-5-9/h1-3,6,9,15H,4-5,7-8H2,(H,14,18)(H,16,17). The summed E-state index contributed by atoms with van der Waals surface area (Å²) < 4.78 is 26.6. The Morgan fingerprint density at radius 2 is 2.00 bits per heavy atom. The van der Waals surface area contributed by atoms with Crippen molar-refractivity contribution in [3.63, 3.8) is 0 Å². The summed E-state index contributed by atoms with van der Waals surface area (Å²) in [6, 6.07) is 5.49. The lowest BCUT2D eigenvalue weighted by atomic mass is 10.2. The molecule has 0 saturated heterocycles. The molecule has 0 spiro atoms. The van der Waals surface area contributed by atoms with Crippen LogP contribution in [0.25, 0.3) is 0 Å². The van der Waals surface area contributed by atoms with E-state index in [4.69, 9.17) is 5.11 Å². The second kappa shape index (κ2) is 6.23. The van der Waals surface area contributed by atoms with Gasteiger partial charge in [0.25, 0.3) is 5.91 Å². The molecule has 1 aromatic carbocycles. The molecule has 2 rings (SSSR count). The van der Waals surface area contributed by atoms with Gasteiger partial charge in [-0.2, -0.15) is 0 Å². The van der Waals surface area contributed by atoms with Crippen molar-refractivity contribution in [2.75, 3.05) is 13.1 Å². The smallest absolute Gasteiger partial charge is 0.322 e. The van der Waals surface area contributed by atoms with E-state index in [9.17, 15) is 18.0 Å². The maximum absolute atomic E-state index is 12.1. The fourth-order valence-corrected chi connectivity index (χ4v) is 2.86. The third-order valence-electron chi connectivity index (χ3n) is 3.07. The zero-order valence-corrected chi connectivity index (χ0v) is 12.0. The van der Waals surface area contributed by atoms with E-state index < -0.39 is 28.4 Å². The lowest BCUT2D eigenvalue weighted by Gasteiger charge is -2.08. The summed E-state index contributed by atoms with van der Waals surface area (Å²) in [7, 11) is -3.65. The van der Waals surface area contributed by atoms with Gasteiger partial charge in [-0.3, -0.25) is 9.59 Å². The Morgan fingerprint density at radius 1 is 1.29 bits per heavy atom. The largest absolute Gasteiger partial charge is 0.480 e. The summed E-state index contributed by atoms with van der Waals surface area (Å²) in [5.74, 6) is -1.39. The quantitative estimate of drug-likeness (QED) is 0.665. The van der Waals surface area contributed by atoms with Crippen molar-refractivity contribution < 1.29 is 23.1 Å². The minimum atomic E-state index is -3.65. The number of benzene rings is 1. The minimum Gasteiger partial charge on any atom is -0.480 e. The number of hydrogen-bond acceptors (Lipinski definition) is 4. The van der Waals surface area contributed by atoms with Crippen molar-refractivity contribution >= 4 is 21.9 Å². The zero-order valence-electron chi connectivity index (χ0n) is 11.2. The van der Waals surface area contributed by atoms with E-state index in [0.717, 1.165) is 12.8 Å². The molecular formula is C13H16N2O5S. The molecular weight excluding hydrogens is 296 g/mol. The van der Waals surface area contributed by atoms with Gasteiger partial charge in [0.05, 0.1) is 4.90 Å². The first-order chi connectivity index (χ1) is 9.88. The Labute approximate surface area is 122 Å². The molecule has 0 atom stereocenters. The molecule has 3 N–H and O–H groups in total. The molecule has 7 nitrogen and oxygen atoms in total. The maximum atomic E-state index is 12.1. The zero-order chi connectivity index (χ0) is 15.5.